The van der Waals surface area contributed by atoms with Crippen LogP contribution in [0.15, 0.2) is 72.3 Å². The number of ketones is 1. The number of methoxy groups -OCH3 is 2. The lowest BCUT2D eigenvalue weighted by Crippen LogP contribution is -2.29. The lowest BCUT2D eigenvalue weighted by atomic mass is 9.94. The molecule has 1 amide bonds. The molecule has 6 nitrogen and oxygen atoms in total. The molecule has 1 aliphatic rings. The smallest absolute Gasteiger partial charge is 0.300 e. The maximum absolute atomic E-state index is 13.8. The van der Waals surface area contributed by atoms with Crippen molar-refractivity contribution in [3.05, 3.63) is 94.3 Å². The van der Waals surface area contributed by atoms with Crippen LogP contribution in [0.5, 0.6) is 11.5 Å². The van der Waals surface area contributed by atoms with E-state index in [1.165, 1.54) is 31.3 Å². The molecule has 0 aromatic heterocycles. The van der Waals surface area contributed by atoms with Gasteiger partial charge in [0.05, 0.1) is 30.9 Å². The number of halogens is 2. The second kappa shape index (κ2) is 8.96. The Labute approximate surface area is 194 Å². The summed E-state index contributed by atoms with van der Waals surface area (Å²) in [6, 6.07) is 16.0. The number of hydrogen-bond donors (Lipinski definition) is 1. The third kappa shape index (κ3) is 3.91. The number of Topliss-reactive ketones (excluding diaryl/α,β-unsaturated/α-hetero) is 1. The number of hydrogen-bond acceptors (Lipinski definition) is 5. The molecule has 0 bridgehead atoms. The molecule has 1 heterocycles. The first-order valence-corrected chi connectivity index (χ1v) is 10.3. The summed E-state index contributed by atoms with van der Waals surface area (Å²) >= 11 is 5.96. The second-order valence-electron chi connectivity index (χ2n) is 7.24. The molecule has 0 radical (unpaired) electrons. The van der Waals surface area contributed by atoms with Gasteiger partial charge in [-0.1, -0.05) is 41.9 Å². The highest BCUT2D eigenvalue weighted by atomic mass is 35.5. The quantitative estimate of drug-likeness (QED) is 0.320. The van der Waals surface area contributed by atoms with E-state index in [4.69, 9.17) is 21.1 Å². The van der Waals surface area contributed by atoms with E-state index in [1.54, 1.807) is 48.5 Å². The Bertz CT molecular complexity index is 1290. The van der Waals surface area contributed by atoms with Crippen molar-refractivity contribution in [1.29, 1.82) is 0 Å². The zero-order valence-corrected chi connectivity index (χ0v) is 18.5. The minimum atomic E-state index is -1.05. The van der Waals surface area contributed by atoms with E-state index < -0.39 is 23.5 Å². The average molecular weight is 468 g/mol. The van der Waals surface area contributed by atoms with Crippen LogP contribution in [0.1, 0.15) is 17.2 Å². The summed E-state index contributed by atoms with van der Waals surface area (Å²) < 4.78 is 24.5. The summed E-state index contributed by atoms with van der Waals surface area (Å²) in [5.74, 6) is -1.96. The van der Waals surface area contributed by atoms with Crippen LogP contribution in [0.2, 0.25) is 5.02 Å². The van der Waals surface area contributed by atoms with Gasteiger partial charge >= 0.3 is 0 Å². The van der Waals surface area contributed by atoms with Crippen LogP contribution >= 0.6 is 11.6 Å². The zero-order chi connectivity index (χ0) is 23.7. The van der Waals surface area contributed by atoms with Gasteiger partial charge in [0.25, 0.3) is 11.7 Å². The van der Waals surface area contributed by atoms with Gasteiger partial charge in [-0.15, -0.1) is 0 Å². The minimum absolute atomic E-state index is 0.141. The monoisotopic (exact) mass is 467 g/mol. The summed E-state index contributed by atoms with van der Waals surface area (Å²) in [5, 5.41) is 11.0. The van der Waals surface area contributed by atoms with E-state index in [1.807, 2.05) is 0 Å². The van der Waals surface area contributed by atoms with Crippen molar-refractivity contribution >= 4 is 34.7 Å². The fourth-order valence-corrected chi connectivity index (χ4v) is 4.02. The molecule has 3 aromatic rings. The number of carbonyl (C=O) groups excluding carboxylic acids is 2. The lowest BCUT2D eigenvalue weighted by molar-refractivity contribution is -0.132. The minimum Gasteiger partial charge on any atom is -0.507 e. The van der Waals surface area contributed by atoms with Crippen molar-refractivity contribution in [3.63, 3.8) is 0 Å². The molecule has 0 saturated carbocycles. The van der Waals surface area contributed by atoms with E-state index in [2.05, 4.69) is 0 Å². The Morgan fingerprint density at radius 3 is 2.45 bits per heavy atom. The van der Waals surface area contributed by atoms with Crippen molar-refractivity contribution in [2.75, 3.05) is 19.1 Å². The number of aliphatic hydroxyl groups is 1. The summed E-state index contributed by atoms with van der Waals surface area (Å²) in [6.45, 7) is 0. The molecule has 1 saturated heterocycles. The standard InChI is InChI=1S/C25H19ClFNO5/c1-32-16-7-5-6-14(12-16)23(29)21-22(17-8-3-4-9-20(17)33-2)28(25(31)24(21)30)15-10-11-19(27)18(26)13-15/h3-13,22,29H,1-2H3/b23-21+. The van der Waals surface area contributed by atoms with Crippen LogP contribution in [0.4, 0.5) is 10.1 Å². The molecule has 4 rings (SSSR count). The first kappa shape index (κ1) is 22.4. The number of nitrogens with zero attached hydrogens (tertiary/aromatic N) is 1. The molecule has 8 heteroatoms. The molecular formula is C25H19ClFNO5. The Morgan fingerprint density at radius 2 is 1.76 bits per heavy atom. The maximum Gasteiger partial charge on any atom is 0.300 e. The van der Waals surface area contributed by atoms with Gasteiger partial charge in [0, 0.05) is 16.8 Å². The van der Waals surface area contributed by atoms with Gasteiger partial charge in [-0.05, 0) is 36.4 Å². The number of ether oxygens (including phenoxy) is 2. The number of amides is 1. The van der Waals surface area contributed by atoms with E-state index in [9.17, 15) is 19.1 Å². The van der Waals surface area contributed by atoms with Crippen molar-refractivity contribution in [2.24, 2.45) is 0 Å². The Balaban J connectivity index is 1.99. The predicted octanol–water partition coefficient (Wildman–Crippen LogP) is 5.12. The summed E-state index contributed by atoms with van der Waals surface area (Å²) in [5.41, 5.74) is 0.816. The number of carbonyl (C=O) groups is 2. The second-order valence-corrected chi connectivity index (χ2v) is 7.65. The Hall–Kier alpha value is -3.84. The fraction of sp³-hybridized carbons (Fsp3) is 0.120. The highest BCUT2D eigenvalue weighted by molar-refractivity contribution is 6.52. The molecular weight excluding hydrogens is 449 g/mol. The number of aliphatic hydroxyl groups excluding tert-OH is 1. The summed E-state index contributed by atoms with van der Waals surface area (Å²) in [6.07, 6.45) is 0. The molecule has 33 heavy (non-hydrogen) atoms. The van der Waals surface area contributed by atoms with Crippen LogP contribution in [0.3, 0.4) is 0 Å². The lowest BCUT2D eigenvalue weighted by Gasteiger charge is -2.26. The average Bonchev–Trinajstić information content (AvgIpc) is 3.10. The highest BCUT2D eigenvalue weighted by Crippen LogP contribution is 2.45. The number of benzene rings is 3. The van der Waals surface area contributed by atoms with Gasteiger partial charge in [-0.25, -0.2) is 4.39 Å². The van der Waals surface area contributed by atoms with Crippen LogP contribution in [-0.2, 0) is 9.59 Å². The van der Waals surface area contributed by atoms with Crippen LogP contribution < -0.4 is 14.4 Å². The van der Waals surface area contributed by atoms with E-state index in [-0.39, 0.29) is 22.0 Å². The summed E-state index contributed by atoms with van der Waals surface area (Å²) in [4.78, 5) is 27.6. The van der Waals surface area contributed by atoms with Gasteiger partial charge in [0.15, 0.2) is 0 Å². The third-order valence-corrected chi connectivity index (χ3v) is 5.69. The van der Waals surface area contributed by atoms with Gasteiger partial charge in [0.2, 0.25) is 0 Å². The van der Waals surface area contributed by atoms with E-state index >= 15 is 0 Å². The molecule has 1 N–H and O–H groups in total. The maximum atomic E-state index is 13.8. The third-order valence-electron chi connectivity index (χ3n) is 5.40. The largest absolute Gasteiger partial charge is 0.507 e. The van der Waals surface area contributed by atoms with Gasteiger partial charge in [0.1, 0.15) is 23.1 Å². The predicted molar refractivity (Wildman–Crippen MR) is 122 cm³/mol. The zero-order valence-electron chi connectivity index (χ0n) is 17.7. The van der Waals surface area contributed by atoms with Gasteiger partial charge in [-0.3, -0.25) is 14.5 Å². The van der Waals surface area contributed by atoms with Gasteiger partial charge in [-0.2, -0.15) is 0 Å². The molecule has 1 aliphatic heterocycles. The van der Waals surface area contributed by atoms with E-state index in [0.717, 1.165) is 6.07 Å². The topological polar surface area (TPSA) is 76.1 Å². The van der Waals surface area contributed by atoms with E-state index in [0.29, 0.717) is 22.6 Å². The molecule has 168 valence electrons. The van der Waals surface area contributed by atoms with Gasteiger partial charge < -0.3 is 14.6 Å². The molecule has 0 spiro atoms. The van der Waals surface area contributed by atoms with Crippen molar-refractivity contribution < 1.29 is 28.6 Å². The highest BCUT2D eigenvalue weighted by Gasteiger charge is 2.48. The Morgan fingerprint density at radius 1 is 1.00 bits per heavy atom. The molecule has 1 fully saturated rings. The van der Waals surface area contributed by atoms with Crippen molar-refractivity contribution in [3.8, 4) is 11.5 Å². The normalized spacial score (nSPS) is 17.3. The Kier molecular flexibility index (Phi) is 6.07. The van der Waals surface area contributed by atoms with Crippen molar-refractivity contribution in [1.82, 2.24) is 0 Å². The molecule has 3 aromatic carbocycles. The first-order chi connectivity index (χ1) is 15.9. The van der Waals surface area contributed by atoms with Crippen LogP contribution in [-0.4, -0.2) is 31.0 Å². The van der Waals surface area contributed by atoms with Crippen LogP contribution in [0, 0.1) is 5.82 Å². The molecule has 0 aliphatic carbocycles. The molecule has 1 atom stereocenters. The number of anilines is 1. The van der Waals surface area contributed by atoms with Crippen molar-refractivity contribution in [2.45, 2.75) is 6.04 Å². The number of para-hydroxylation sites is 1. The SMILES string of the molecule is COc1cccc(/C(O)=C2\C(=O)C(=O)N(c3ccc(F)c(Cl)c3)C2c2ccccc2OC)c1. The summed E-state index contributed by atoms with van der Waals surface area (Å²) in [7, 11) is 2.94. The first-order valence-electron chi connectivity index (χ1n) is 9.90. The molecule has 1 unspecified atom stereocenters. The fourth-order valence-electron chi connectivity index (χ4n) is 3.85. The number of rotatable bonds is 5. The van der Waals surface area contributed by atoms with Crippen LogP contribution in [0.25, 0.3) is 5.76 Å².